The van der Waals surface area contributed by atoms with Gasteiger partial charge in [-0.2, -0.15) is 11.8 Å². The van der Waals surface area contributed by atoms with Crippen molar-refractivity contribution in [2.45, 2.75) is 31.2 Å². The molecular formula is C13H17NO3S2. The van der Waals surface area contributed by atoms with Gasteiger partial charge in [0, 0.05) is 4.88 Å². The van der Waals surface area contributed by atoms with Gasteiger partial charge in [-0.15, -0.1) is 11.3 Å². The first-order chi connectivity index (χ1) is 9.05. The highest BCUT2D eigenvalue weighted by atomic mass is 32.2. The molecule has 1 aromatic rings. The molecule has 2 rings (SSSR count). The van der Waals surface area contributed by atoms with Gasteiger partial charge in [-0.25, -0.2) is 4.79 Å². The Morgan fingerprint density at radius 2 is 2.11 bits per heavy atom. The number of hydrogen-bond acceptors (Lipinski definition) is 4. The first-order valence-corrected chi connectivity index (χ1v) is 8.25. The smallest absolute Gasteiger partial charge is 0.329 e. The number of rotatable bonds is 4. The number of nitrogens with one attached hydrogen (secondary N) is 1. The lowest BCUT2D eigenvalue weighted by molar-refractivity contribution is -0.148. The number of thiophene rings is 1. The molecule has 1 aliphatic rings. The summed E-state index contributed by atoms with van der Waals surface area (Å²) in [6.07, 6.45) is 0.992. The van der Waals surface area contributed by atoms with Gasteiger partial charge in [-0.1, -0.05) is 6.07 Å². The molecule has 1 aliphatic heterocycles. The van der Waals surface area contributed by atoms with Crippen molar-refractivity contribution in [2.75, 3.05) is 11.5 Å². The SMILES string of the molecule is CC(C(=O)NC1(C(=O)O)CCSCC1)c1cccs1. The lowest BCUT2D eigenvalue weighted by Gasteiger charge is -2.34. The number of carbonyl (C=O) groups is 2. The minimum absolute atomic E-state index is 0.197. The number of carboxylic acid groups (broad SMARTS) is 1. The largest absolute Gasteiger partial charge is 0.480 e. The fourth-order valence-electron chi connectivity index (χ4n) is 2.12. The number of carboxylic acids is 1. The maximum atomic E-state index is 12.2. The first kappa shape index (κ1) is 14.4. The maximum Gasteiger partial charge on any atom is 0.329 e. The summed E-state index contributed by atoms with van der Waals surface area (Å²) >= 11 is 3.25. The first-order valence-electron chi connectivity index (χ1n) is 6.22. The fourth-order valence-corrected chi connectivity index (χ4v) is 4.10. The Kier molecular flexibility index (Phi) is 4.52. The van der Waals surface area contributed by atoms with Crippen LogP contribution in [0.4, 0.5) is 0 Å². The van der Waals surface area contributed by atoms with Crippen molar-refractivity contribution in [3.05, 3.63) is 22.4 Å². The summed E-state index contributed by atoms with van der Waals surface area (Å²) in [4.78, 5) is 24.7. The molecule has 1 amide bonds. The zero-order valence-corrected chi connectivity index (χ0v) is 12.4. The minimum atomic E-state index is -1.08. The van der Waals surface area contributed by atoms with E-state index < -0.39 is 11.5 Å². The predicted molar refractivity (Wildman–Crippen MR) is 77.8 cm³/mol. The lowest BCUT2D eigenvalue weighted by atomic mass is 9.91. The Hall–Kier alpha value is -1.01. The molecule has 1 aromatic heterocycles. The van der Waals surface area contributed by atoms with Crippen LogP contribution in [0.2, 0.25) is 0 Å². The summed E-state index contributed by atoms with van der Waals surface area (Å²) in [5.74, 6) is 0.141. The molecule has 0 bridgehead atoms. The van der Waals surface area contributed by atoms with E-state index >= 15 is 0 Å². The summed E-state index contributed by atoms with van der Waals surface area (Å²) in [7, 11) is 0. The number of thioether (sulfide) groups is 1. The second kappa shape index (κ2) is 5.96. The summed E-state index contributed by atoms with van der Waals surface area (Å²) in [5.41, 5.74) is -1.08. The van der Waals surface area contributed by atoms with Crippen LogP contribution in [0.15, 0.2) is 17.5 Å². The second-order valence-corrected chi connectivity index (χ2v) is 6.93. The Labute approximate surface area is 120 Å². The van der Waals surface area contributed by atoms with Gasteiger partial charge in [-0.05, 0) is 42.7 Å². The van der Waals surface area contributed by atoms with Crippen molar-refractivity contribution in [3.8, 4) is 0 Å². The van der Waals surface area contributed by atoms with E-state index in [0.717, 1.165) is 16.4 Å². The number of aliphatic carboxylic acids is 1. The van der Waals surface area contributed by atoms with Gasteiger partial charge < -0.3 is 10.4 Å². The van der Waals surface area contributed by atoms with E-state index in [-0.39, 0.29) is 11.8 Å². The molecule has 0 spiro atoms. The molecule has 2 N–H and O–H groups in total. The summed E-state index contributed by atoms with van der Waals surface area (Å²) in [5, 5.41) is 14.1. The Balaban J connectivity index is 2.09. The van der Waals surface area contributed by atoms with Gasteiger partial charge in [0.2, 0.25) is 5.91 Å². The third kappa shape index (κ3) is 3.12. The zero-order chi connectivity index (χ0) is 13.9. The van der Waals surface area contributed by atoms with Crippen molar-refractivity contribution in [1.29, 1.82) is 0 Å². The second-order valence-electron chi connectivity index (χ2n) is 4.73. The highest BCUT2D eigenvalue weighted by Gasteiger charge is 2.42. The average Bonchev–Trinajstić information content (AvgIpc) is 2.92. The quantitative estimate of drug-likeness (QED) is 0.895. The molecule has 1 fully saturated rings. The number of amides is 1. The monoisotopic (exact) mass is 299 g/mol. The predicted octanol–water partition coefficient (Wildman–Crippen LogP) is 2.32. The maximum absolute atomic E-state index is 12.2. The Morgan fingerprint density at radius 1 is 1.42 bits per heavy atom. The van der Waals surface area contributed by atoms with Gasteiger partial charge in [-0.3, -0.25) is 4.79 Å². The van der Waals surface area contributed by atoms with E-state index in [4.69, 9.17) is 0 Å². The normalized spacial score (nSPS) is 19.6. The van der Waals surface area contributed by atoms with Crippen LogP contribution in [-0.2, 0) is 9.59 Å². The van der Waals surface area contributed by atoms with Crippen LogP contribution in [0.1, 0.15) is 30.6 Å². The Bertz CT molecular complexity index is 452. The summed E-state index contributed by atoms with van der Waals surface area (Å²) < 4.78 is 0. The number of carbonyl (C=O) groups excluding carboxylic acids is 1. The van der Waals surface area contributed by atoms with Crippen LogP contribution >= 0.6 is 23.1 Å². The van der Waals surface area contributed by atoms with Gasteiger partial charge in [0.05, 0.1) is 5.92 Å². The average molecular weight is 299 g/mol. The van der Waals surface area contributed by atoms with E-state index in [1.54, 1.807) is 11.8 Å². The Morgan fingerprint density at radius 3 is 2.63 bits per heavy atom. The molecule has 0 radical (unpaired) electrons. The third-order valence-electron chi connectivity index (χ3n) is 3.48. The van der Waals surface area contributed by atoms with Gasteiger partial charge in [0.25, 0.3) is 0 Å². The molecule has 19 heavy (non-hydrogen) atoms. The van der Waals surface area contributed by atoms with E-state index in [0.29, 0.717) is 12.8 Å². The highest BCUT2D eigenvalue weighted by Crippen LogP contribution is 2.29. The van der Waals surface area contributed by atoms with Crippen LogP contribution < -0.4 is 5.32 Å². The molecule has 1 saturated heterocycles. The topological polar surface area (TPSA) is 66.4 Å². The molecule has 0 saturated carbocycles. The van der Waals surface area contributed by atoms with Crippen molar-refractivity contribution in [1.82, 2.24) is 5.32 Å². The number of hydrogen-bond donors (Lipinski definition) is 2. The van der Waals surface area contributed by atoms with Crippen LogP contribution in [0.5, 0.6) is 0 Å². The molecule has 4 nitrogen and oxygen atoms in total. The van der Waals surface area contributed by atoms with Crippen LogP contribution in [0.25, 0.3) is 0 Å². The van der Waals surface area contributed by atoms with Crippen molar-refractivity contribution in [2.24, 2.45) is 0 Å². The minimum Gasteiger partial charge on any atom is -0.480 e. The zero-order valence-electron chi connectivity index (χ0n) is 10.7. The van der Waals surface area contributed by atoms with Crippen molar-refractivity contribution >= 4 is 35.0 Å². The summed E-state index contributed by atoms with van der Waals surface area (Å²) in [6.45, 7) is 1.81. The van der Waals surface area contributed by atoms with E-state index in [1.165, 1.54) is 11.3 Å². The molecule has 104 valence electrons. The fraction of sp³-hybridized carbons (Fsp3) is 0.538. The van der Waals surface area contributed by atoms with E-state index in [9.17, 15) is 14.7 Å². The summed E-state index contributed by atoms with van der Waals surface area (Å²) in [6, 6.07) is 3.80. The molecular weight excluding hydrogens is 282 g/mol. The molecule has 1 unspecified atom stereocenters. The van der Waals surface area contributed by atoms with Crippen molar-refractivity contribution in [3.63, 3.8) is 0 Å². The highest BCUT2D eigenvalue weighted by molar-refractivity contribution is 7.99. The van der Waals surface area contributed by atoms with E-state index in [1.807, 2.05) is 24.4 Å². The van der Waals surface area contributed by atoms with Gasteiger partial charge in [0.1, 0.15) is 5.54 Å². The van der Waals surface area contributed by atoms with Crippen LogP contribution in [-0.4, -0.2) is 34.0 Å². The van der Waals surface area contributed by atoms with Crippen molar-refractivity contribution < 1.29 is 14.7 Å². The molecule has 1 atom stereocenters. The molecule has 0 aliphatic carbocycles. The third-order valence-corrected chi connectivity index (χ3v) is 5.52. The molecule has 2 heterocycles. The van der Waals surface area contributed by atoms with Crippen LogP contribution in [0, 0.1) is 0 Å². The molecule has 6 heteroatoms. The lowest BCUT2D eigenvalue weighted by Crippen LogP contribution is -2.57. The standard InChI is InChI=1S/C13H17NO3S2/c1-9(10-3-2-6-19-10)11(15)14-13(12(16)17)4-7-18-8-5-13/h2-3,6,9H,4-5,7-8H2,1H3,(H,14,15)(H,16,17). The van der Waals surface area contributed by atoms with Gasteiger partial charge >= 0.3 is 5.97 Å². The van der Waals surface area contributed by atoms with Crippen LogP contribution in [0.3, 0.4) is 0 Å². The molecule has 0 aromatic carbocycles. The van der Waals surface area contributed by atoms with Gasteiger partial charge in [0.15, 0.2) is 0 Å². The van der Waals surface area contributed by atoms with E-state index in [2.05, 4.69) is 5.32 Å².